The maximum Gasteiger partial charge on any atom is 0.326 e. The van der Waals surface area contributed by atoms with Crippen LogP contribution < -0.4 is 27.4 Å². The first kappa shape index (κ1) is 31.8. The normalized spacial score (nSPS) is 14.0. The molecule has 38 heavy (non-hydrogen) atoms. The molecule has 0 aromatic heterocycles. The van der Waals surface area contributed by atoms with Crippen molar-refractivity contribution in [1.29, 1.82) is 0 Å². The predicted molar refractivity (Wildman–Crippen MR) is 133 cm³/mol. The van der Waals surface area contributed by atoms with Crippen LogP contribution in [0.1, 0.15) is 45.1 Å². The first-order valence-electron chi connectivity index (χ1n) is 11.9. The number of primary amides is 1. The Balaban J connectivity index is 3.19. The summed E-state index contributed by atoms with van der Waals surface area (Å²) in [5.74, 6) is -6.18. The SMILES string of the molecule is CC(C)CC(NC(=O)C(Cc1ccc(O)cc1)NC(=O)C(CCC(=O)O)NC(=O)C(N)CC(N)=O)C(=O)O. The van der Waals surface area contributed by atoms with Crippen LogP contribution in [0, 0.1) is 5.92 Å². The minimum absolute atomic E-state index is 0.0367. The van der Waals surface area contributed by atoms with E-state index in [-0.39, 0.29) is 30.9 Å². The van der Waals surface area contributed by atoms with Crippen molar-refractivity contribution in [2.45, 2.75) is 70.1 Å². The van der Waals surface area contributed by atoms with Gasteiger partial charge in [-0.25, -0.2) is 4.79 Å². The summed E-state index contributed by atoms with van der Waals surface area (Å²) in [5.41, 5.74) is 11.2. The summed E-state index contributed by atoms with van der Waals surface area (Å²) in [6, 6.07) is 0.311. The lowest BCUT2D eigenvalue weighted by Gasteiger charge is -2.25. The molecule has 210 valence electrons. The molecule has 1 aromatic rings. The quantitative estimate of drug-likeness (QED) is 0.122. The summed E-state index contributed by atoms with van der Waals surface area (Å²) >= 11 is 0. The third-order valence-corrected chi connectivity index (χ3v) is 5.37. The predicted octanol–water partition coefficient (Wildman–Crippen LogP) is -1.41. The highest BCUT2D eigenvalue weighted by atomic mass is 16.4. The smallest absolute Gasteiger partial charge is 0.326 e. The Kier molecular flexibility index (Phi) is 12.7. The number of phenols is 1. The number of aliphatic carboxylic acids is 2. The van der Waals surface area contributed by atoms with E-state index >= 15 is 0 Å². The molecule has 4 unspecified atom stereocenters. The number of nitrogens with two attached hydrogens (primary N) is 2. The van der Waals surface area contributed by atoms with Crippen molar-refractivity contribution in [3.05, 3.63) is 29.8 Å². The van der Waals surface area contributed by atoms with Crippen LogP contribution in [0.3, 0.4) is 0 Å². The average molecular weight is 538 g/mol. The van der Waals surface area contributed by atoms with E-state index in [0.717, 1.165) is 0 Å². The second kappa shape index (κ2) is 15.1. The molecule has 0 aliphatic heterocycles. The van der Waals surface area contributed by atoms with E-state index in [4.69, 9.17) is 16.6 Å². The average Bonchev–Trinajstić information content (AvgIpc) is 2.80. The third kappa shape index (κ3) is 11.7. The van der Waals surface area contributed by atoms with Gasteiger partial charge in [-0.05, 0) is 36.5 Å². The van der Waals surface area contributed by atoms with Crippen LogP contribution in [0.5, 0.6) is 5.75 Å². The zero-order chi connectivity index (χ0) is 29.0. The number of carbonyl (C=O) groups is 6. The van der Waals surface area contributed by atoms with Crippen molar-refractivity contribution in [1.82, 2.24) is 16.0 Å². The van der Waals surface area contributed by atoms with Gasteiger partial charge in [0.05, 0.1) is 12.5 Å². The zero-order valence-electron chi connectivity index (χ0n) is 21.2. The highest BCUT2D eigenvalue weighted by Crippen LogP contribution is 2.13. The highest BCUT2D eigenvalue weighted by molar-refractivity contribution is 5.95. The molecule has 0 saturated heterocycles. The fourth-order valence-corrected chi connectivity index (χ4v) is 3.44. The molecule has 0 saturated carbocycles. The van der Waals surface area contributed by atoms with E-state index in [0.29, 0.717) is 5.56 Å². The van der Waals surface area contributed by atoms with E-state index in [2.05, 4.69) is 16.0 Å². The van der Waals surface area contributed by atoms with Crippen molar-refractivity contribution in [2.24, 2.45) is 17.4 Å². The molecule has 0 bridgehead atoms. The van der Waals surface area contributed by atoms with E-state index in [1.54, 1.807) is 13.8 Å². The van der Waals surface area contributed by atoms with Gasteiger partial charge in [-0.3, -0.25) is 24.0 Å². The van der Waals surface area contributed by atoms with E-state index in [9.17, 15) is 39.0 Å². The summed E-state index contributed by atoms with van der Waals surface area (Å²) in [6.07, 6.45) is -1.40. The van der Waals surface area contributed by atoms with Gasteiger partial charge in [0.15, 0.2) is 0 Å². The number of phenolic OH excluding ortho intramolecular Hbond substituents is 1. The summed E-state index contributed by atoms with van der Waals surface area (Å²) in [7, 11) is 0. The van der Waals surface area contributed by atoms with Gasteiger partial charge in [0.25, 0.3) is 0 Å². The lowest BCUT2D eigenvalue weighted by Crippen LogP contribution is -2.58. The van der Waals surface area contributed by atoms with Crippen LogP contribution in [0.4, 0.5) is 0 Å². The molecule has 0 radical (unpaired) electrons. The number of aromatic hydroxyl groups is 1. The molecule has 4 amide bonds. The van der Waals surface area contributed by atoms with Crippen LogP contribution in [-0.4, -0.2) is 75.1 Å². The van der Waals surface area contributed by atoms with Crippen molar-refractivity contribution >= 4 is 35.6 Å². The molecule has 10 N–H and O–H groups in total. The number of carboxylic acid groups (broad SMARTS) is 2. The second-order valence-corrected chi connectivity index (χ2v) is 9.23. The monoisotopic (exact) mass is 537 g/mol. The van der Waals surface area contributed by atoms with Crippen LogP contribution >= 0.6 is 0 Å². The fraction of sp³-hybridized carbons (Fsp3) is 0.500. The number of amides is 4. The topological polar surface area (TPSA) is 251 Å². The van der Waals surface area contributed by atoms with E-state index in [1.165, 1.54) is 24.3 Å². The zero-order valence-corrected chi connectivity index (χ0v) is 21.2. The van der Waals surface area contributed by atoms with Gasteiger partial charge in [-0.1, -0.05) is 26.0 Å². The Morgan fingerprint density at radius 3 is 1.87 bits per heavy atom. The van der Waals surface area contributed by atoms with E-state index in [1.807, 2.05) is 0 Å². The van der Waals surface area contributed by atoms with E-state index < -0.39 is 72.6 Å². The maximum absolute atomic E-state index is 13.1. The Labute approximate surface area is 219 Å². The molecule has 14 heteroatoms. The fourth-order valence-electron chi connectivity index (χ4n) is 3.44. The van der Waals surface area contributed by atoms with Gasteiger partial charge in [0.1, 0.15) is 23.9 Å². The largest absolute Gasteiger partial charge is 0.508 e. The lowest BCUT2D eigenvalue weighted by atomic mass is 10.0. The van der Waals surface area contributed by atoms with Gasteiger partial charge in [-0.2, -0.15) is 0 Å². The summed E-state index contributed by atoms with van der Waals surface area (Å²) in [5, 5.41) is 35.2. The second-order valence-electron chi connectivity index (χ2n) is 9.23. The maximum atomic E-state index is 13.1. The molecule has 0 aliphatic rings. The van der Waals surface area contributed by atoms with Crippen molar-refractivity contribution in [3.63, 3.8) is 0 Å². The minimum Gasteiger partial charge on any atom is -0.508 e. The molecule has 0 heterocycles. The molecule has 14 nitrogen and oxygen atoms in total. The summed E-state index contributed by atoms with van der Waals surface area (Å²) in [4.78, 5) is 72.4. The Morgan fingerprint density at radius 1 is 0.842 bits per heavy atom. The number of benzene rings is 1. The number of rotatable bonds is 16. The number of hydrogen-bond donors (Lipinski definition) is 8. The van der Waals surface area contributed by atoms with Crippen molar-refractivity contribution < 1.29 is 44.1 Å². The minimum atomic E-state index is -1.45. The van der Waals surface area contributed by atoms with Gasteiger partial charge in [0.2, 0.25) is 23.6 Å². The van der Waals surface area contributed by atoms with Crippen LogP contribution in [-0.2, 0) is 35.2 Å². The Bertz CT molecular complexity index is 1010. The Hall–Kier alpha value is -4.20. The van der Waals surface area contributed by atoms with Crippen LogP contribution in [0.15, 0.2) is 24.3 Å². The molecular formula is C24H35N5O9. The summed E-state index contributed by atoms with van der Waals surface area (Å²) in [6.45, 7) is 3.55. The standard InChI is InChI=1S/C24H35N5O9/c1-12(2)9-18(24(37)38)29-23(36)17(10-13-3-5-14(30)6-4-13)28-22(35)16(7-8-20(32)33)27-21(34)15(25)11-19(26)31/h3-6,12,15-18,30H,7-11,25H2,1-2H3,(H2,26,31)(H,27,34)(H,28,35)(H,29,36)(H,32,33)(H,37,38). The van der Waals surface area contributed by atoms with Gasteiger partial charge in [-0.15, -0.1) is 0 Å². The van der Waals surface area contributed by atoms with Crippen LogP contribution in [0.2, 0.25) is 0 Å². The summed E-state index contributed by atoms with van der Waals surface area (Å²) < 4.78 is 0. The molecule has 0 fully saturated rings. The highest BCUT2D eigenvalue weighted by Gasteiger charge is 2.31. The van der Waals surface area contributed by atoms with Crippen molar-refractivity contribution in [2.75, 3.05) is 0 Å². The molecule has 0 spiro atoms. The number of nitrogens with one attached hydrogen (secondary N) is 3. The number of carbonyl (C=O) groups excluding carboxylic acids is 4. The van der Waals surface area contributed by atoms with Crippen molar-refractivity contribution in [3.8, 4) is 5.75 Å². The molecule has 4 atom stereocenters. The molecule has 0 aliphatic carbocycles. The van der Waals surface area contributed by atoms with Gasteiger partial charge in [0, 0.05) is 12.8 Å². The lowest BCUT2D eigenvalue weighted by molar-refractivity contribution is -0.142. The molecular weight excluding hydrogens is 502 g/mol. The molecule has 1 aromatic carbocycles. The number of carboxylic acids is 2. The van der Waals surface area contributed by atoms with Gasteiger partial charge < -0.3 is 42.7 Å². The third-order valence-electron chi connectivity index (χ3n) is 5.37. The van der Waals surface area contributed by atoms with Crippen LogP contribution in [0.25, 0.3) is 0 Å². The number of hydrogen-bond acceptors (Lipinski definition) is 8. The van der Waals surface area contributed by atoms with Gasteiger partial charge >= 0.3 is 11.9 Å². The first-order chi connectivity index (χ1) is 17.7. The Morgan fingerprint density at radius 2 is 1.37 bits per heavy atom. The molecule has 1 rings (SSSR count). The first-order valence-corrected chi connectivity index (χ1v) is 11.9.